The van der Waals surface area contributed by atoms with Crippen molar-refractivity contribution in [3.05, 3.63) is 29.3 Å². The van der Waals surface area contributed by atoms with E-state index in [0.29, 0.717) is 6.54 Å². The summed E-state index contributed by atoms with van der Waals surface area (Å²) >= 11 is 0. The van der Waals surface area contributed by atoms with Crippen LogP contribution in [0.1, 0.15) is 18.1 Å². The van der Waals surface area contributed by atoms with E-state index in [-0.39, 0.29) is 0 Å². The normalized spacial score (nSPS) is 9.07. The van der Waals surface area contributed by atoms with Crippen molar-refractivity contribution in [1.29, 1.82) is 5.26 Å². The van der Waals surface area contributed by atoms with Crippen molar-refractivity contribution < 1.29 is 0 Å². The first kappa shape index (κ1) is 11.1. The monoisotopic (exact) mass is 198 g/mol. The second-order valence-corrected chi connectivity index (χ2v) is 3.33. The summed E-state index contributed by atoms with van der Waals surface area (Å²) in [6.45, 7) is 5.47. The molecule has 0 saturated heterocycles. The van der Waals surface area contributed by atoms with Gasteiger partial charge in [0.1, 0.15) is 0 Å². The molecule has 0 amide bonds. The number of terminal acetylenes is 1. The van der Waals surface area contributed by atoms with Crippen LogP contribution in [-0.2, 0) is 0 Å². The van der Waals surface area contributed by atoms with Gasteiger partial charge in [0, 0.05) is 12.2 Å². The van der Waals surface area contributed by atoms with Gasteiger partial charge < -0.3 is 4.90 Å². The molecule has 1 rings (SSSR count). The number of anilines is 1. The van der Waals surface area contributed by atoms with E-state index in [4.69, 9.17) is 11.7 Å². The molecule has 0 unspecified atom stereocenters. The Morgan fingerprint density at radius 1 is 1.47 bits per heavy atom. The van der Waals surface area contributed by atoms with Gasteiger partial charge in [0.05, 0.1) is 18.2 Å². The van der Waals surface area contributed by atoms with Crippen LogP contribution in [0, 0.1) is 30.6 Å². The fourth-order valence-electron chi connectivity index (χ4n) is 1.47. The maximum Gasteiger partial charge on any atom is 0.0994 e. The molecular weight excluding hydrogens is 184 g/mol. The van der Waals surface area contributed by atoms with Crippen molar-refractivity contribution in [3.63, 3.8) is 0 Å². The fraction of sp³-hybridized carbons (Fsp3) is 0.308. The number of nitrogens with zero attached hydrogens (tertiary/aromatic N) is 2. The summed E-state index contributed by atoms with van der Waals surface area (Å²) in [6, 6.07) is 7.93. The van der Waals surface area contributed by atoms with Crippen molar-refractivity contribution in [2.24, 2.45) is 0 Å². The predicted molar refractivity (Wildman–Crippen MR) is 62.6 cm³/mol. The Kier molecular flexibility index (Phi) is 3.77. The van der Waals surface area contributed by atoms with Crippen molar-refractivity contribution in [1.82, 2.24) is 0 Å². The molecule has 0 aliphatic rings. The molecule has 0 heterocycles. The molecule has 0 atom stereocenters. The Morgan fingerprint density at radius 2 is 2.20 bits per heavy atom. The SMILES string of the molecule is C#CCN(CC)c1ccc(C#N)c(C)c1. The Hall–Kier alpha value is -1.93. The van der Waals surface area contributed by atoms with Crippen LogP contribution < -0.4 is 4.90 Å². The maximum absolute atomic E-state index is 8.81. The summed E-state index contributed by atoms with van der Waals surface area (Å²) in [6.07, 6.45) is 5.29. The summed E-state index contributed by atoms with van der Waals surface area (Å²) in [7, 11) is 0. The molecule has 15 heavy (non-hydrogen) atoms. The maximum atomic E-state index is 8.81. The Labute approximate surface area is 91.1 Å². The smallest absolute Gasteiger partial charge is 0.0994 e. The van der Waals surface area contributed by atoms with Crippen molar-refractivity contribution in [2.75, 3.05) is 18.0 Å². The van der Waals surface area contributed by atoms with Gasteiger partial charge in [-0.2, -0.15) is 5.26 Å². The molecule has 0 spiro atoms. The minimum absolute atomic E-state index is 0.599. The Balaban J connectivity index is 3.02. The number of aryl methyl sites for hydroxylation is 1. The second kappa shape index (κ2) is 5.08. The number of hydrogen-bond donors (Lipinski definition) is 0. The molecule has 0 fully saturated rings. The zero-order chi connectivity index (χ0) is 11.3. The average Bonchev–Trinajstić information content (AvgIpc) is 2.25. The highest BCUT2D eigenvalue weighted by atomic mass is 15.1. The first-order valence-corrected chi connectivity index (χ1v) is 4.92. The third-order valence-corrected chi connectivity index (χ3v) is 2.36. The molecule has 2 heteroatoms. The molecular formula is C13H14N2. The van der Waals surface area contributed by atoms with Crippen LogP contribution >= 0.6 is 0 Å². The van der Waals surface area contributed by atoms with Gasteiger partial charge >= 0.3 is 0 Å². The minimum atomic E-state index is 0.599. The standard InChI is InChI=1S/C13H14N2/c1-4-8-15(5-2)13-7-6-12(10-14)11(3)9-13/h1,6-7,9H,5,8H2,2-3H3. The van der Waals surface area contributed by atoms with Crippen LogP contribution in [0.25, 0.3) is 0 Å². The first-order chi connectivity index (χ1) is 7.22. The molecule has 0 aliphatic carbocycles. The molecule has 0 aromatic heterocycles. The molecule has 0 saturated carbocycles. The molecule has 1 aromatic carbocycles. The van der Waals surface area contributed by atoms with E-state index >= 15 is 0 Å². The molecule has 2 nitrogen and oxygen atoms in total. The van der Waals surface area contributed by atoms with Crippen LogP contribution in [-0.4, -0.2) is 13.1 Å². The quantitative estimate of drug-likeness (QED) is 0.697. The Morgan fingerprint density at radius 3 is 2.67 bits per heavy atom. The van der Waals surface area contributed by atoms with Gasteiger partial charge in [-0.05, 0) is 37.6 Å². The molecule has 0 bridgehead atoms. The topological polar surface area (TPSA) is 27.0 Å². The van der Waals surface area contributed by atoms with Crippen molar-refractivity contribution in [3.8, 4) is 18.4 Å². The van der Waals surface area contributed by atoms with E-state index in [9.17, 15) is 0 Å². The third kappa shape index (κ3) is 2.51. The van der Waals surface area contributed by atoms with Crippen LogP contribution in [0.4, 0.5) is 5.69 Å². The highest BCUT2D eigenvalue weighted by Gasteiger charge is 2.04. The molecule has 0 N–H and O–H groups in total. The molecule has 0 radical (unpaired) electrons. The number of nitriles is 1. The summed E-state index contributed by atoms with van der Waals surface area (Å²) in [5.74, 6) is 2.63. The lowest BCUT2D eigenvalue weighted by atomic mass is 10.1. The van der Waals surface area contributed by atoms with E-state index in [1.165, 1.54) is 0 Å². The zero-order valence-corrected chi connectivity index (χ0v) is 9.12. The van der Waals surface area contributed by atoms with Gasteiger partial charge in [0.25, 0.3) is 0 Å². The predicted octanol–water partition coefficient (Wildman–Crippen LogP) is 2.33. The van der Waals surface area contributed by atoms with Gasteiger partial charge in [0.2, 0.25) is 0 Å². The highest BCUT2D eigenvalue weighted by Crippen LogP contribution is 2.18. The van der Waals surface area contributed by atoms with E-state index in [2.05, 4.69) is 23.8 Å². The average molecular weight is 198 g/mol. The largest absolute Gasteiger partial charge is 0.361 e. The van der Waals surface area contributed by atoms with Gasteiger partial charge in [-0.15, -0.1) is 6.42 Å². The number of rotatable bonds is 3. The lowest BCUT2D eigenvalue weighted by Gasteiger charge is -2.20. The first-order valence-electron chi connectivity index (χ1n) is 4.92. The fourth-order valence-corrected chi connectivity index (χ4v) is 1.47. The van der Waals surface area contributed by atoms with E-state index in [1.807, 2.05) is 25.1 Å². The minimum Gasteiger partial charge on any atom is -0.361 e. The van der Waals surface area contributed by atoms with E-state index in [1.54, 1.807) is 0 Å². The molecule has 76 valence electrons. The summed E-state index contributed by atoms with van der Waals surface area (Å²) in [5, 5.41) is 8.81. The summed E-state index contributed by atoms with van der Waals surface area (Å²) in [5.41, 5.74) is 2.79. The Bertz CT molecular complexity index is 421. The third-order valence-electron chi connectivity index (χ3n) is 2.36. The summed E-state index contributed by atoms with van der Waals surface area (Å²) < 4.78 is 0. The van der Waals surface area contributed by atoms with Gasteiger partial charge in [-0.1, -0.05) is 5.92 Å². The second-order valence-electron chi connectivity index (χ2n) is 3.33. The van der Waals surface area contributed by atoms with E-state index in [0.717, 1.165) is 23.4 Å². The summed E-state index contributed by atoms with van der Waals surface area (Å²) in [4.78, 5) is 2.09. The lowest BCUT2D eigenvalue weighted by Crippen LogP contribution is -2.22. The zero-order valence-electron chi connectivity index (χ0n) is 9.12. The van der Waals surface area contributed by atoms with Gasteiger partial charge in [-0.25, -0.2) is 0 Å². The van der Waals surface area contributed by atoms with Gasteiger partial charge in [-0.3, -0.25) is 0 Å². The van der Waals surface area contributed by atoms with Crippen LogP contribution in [0.2, 0.25) is 0 Å². The van der Waals surface area contributed by atoms with Crippen molar-refractivity contribution >= 4 is 5.69 Å². The number of benzene rings is 1. The van der Waals surface area contributed by atoms with Gasteiger partial charge in [0.15, 0.2) is 0 Å². The van der Waals surface area contributed by atoms with Crippen LogP contribution in [0.5, 0.6) is 0 Å². The van der Waals surface area contributed by atoms with Crippen LogP contribution in [0.3, 0.4) is 0 Å². The van der Waals surface area contributed by atoms with Crippen LogP contribution in [0.15, 0.2) is 18.2 Å². The highest BCUT2D eigenvalue weighted by molar-refractivity contribution is 5.54. The molecule has 0 aliphatic heterocycles. The number of hydrogen-bond acceptors (Lipinski definition) is 2. The van der Waals surface area contributed by atoms with Crippen molar-refractivity contribution in [2.45, 2.75) is 13.8 Å². The molecule has 1 aromatic rings. The van der Waals surface area contributed by atoms with E-state index < -0.39 is 0 Å². The lowest BCUT2D eigenvalue weighted by molar-refractivity contribution is 0.917.